The molecule has 2 nitrogen and oxygen atoms in total. The molecule has 1 aliphatic heterocycles. The van der Waals surface area contributed by atoms with E-state index < -0.39 is 4.93 Å². The molecule has 0 aromatic heterocycles. The third kappa shape index (κ3) is 7.96. The summed E-state index contributed by atoms with van der Waals surface area (Å²) in [5.41, 5.74) is 0. The van der Waals surface area contributed by atoms with E-state index in [0.29, 0.717) is 0 Å². The molecule has 0 bridgehead atoms. The first-order valence-corrected chi connectivity index (χ1v) is 10.8. The molecule has 128 valence electrons. The van der Waals surface area contributed by atoms with Gasteiger partial charge in [-0.3, -0.25) is 4.79 Å². The van der Waals surface area contributed by atoms with Gasteiger partial charge in [0.1, 0.15) is 0 Å². The van der Waals surface area contributed by atoms with Crippen LogP contribution >= 0.6 is 23.5 Å². The van der Waals surface area contributed by atoms with Crippen LogP contribution in [-0.4, -0.2) is 22.7 Å². The van der Waals surface area contributed by atoms with Crippen LogP contribution in [0.25, 0.3) is 0 Å². The Morgan fingerprint density at radius 1 is 1.09 bits per heavy atom. The molecule has 1 aliphatic rings. The monoisotopic (exact) mass is 344 g/mol. The predicted molar refractivity (Wildman–Crippen MR) is 100 cm³/mol. The highest BCUT2D eigenvalue weighted by Crippen LogP contribution is 2.39. The zero-order valence-electron chi connectivity index (χ0n) is 14.3. The van der Waals surface area contributed by atoms with E-state index in [2.05, 4.69) is 13.8 Å². The Balaban J connectivity index is 2.24. The average Bonchev–Trinajstić information content (AvgIpc) is 2.56. The maximum atomic E-state index is 11.5. The quantitative estimate of drug-likeness (QED) is 0.295. The summed E-state index contributed by atoms with van der Waals surface area (Å²) in [6.07, 6.45) is 14.9. The maximum absolute atomic E-state index is 11.5. The zero-order valence-corrected chi connectivity index (χ0v) is 15.9. The second-order valence-electron chi connectivity index (χ2n) is 5.95. The van der Waals surface area contributed by atoms with E-state index >= 15 is 0 Å². The van der Waals surface area contributed by atoms with E-state index in [-0.39, 0.29) is 0 Å². The van der Waals surface area contributed by atoms with Crippen molar-refractivity contribution in [1.29, 1.82) is 0 Å². The van der Waals surface area contributed by atoms with Crippen molar-refractivity contribution in [1.82, 2.24) is 0 Å². The van der Waals surface area contributed by atoms with Crippen LogP contribution < -0.4 is 0 Å². The van der Waals surface area contributed by atoms with Gasteiger partial charge in [0.2, 0.25) is 4.93 Å². The molecule has 1 unspecified atom stereocenters. The normalized spacial score (nSPS) is 21.3. The molecule has 0 fully saturated rings. The third-order valence-electron chi connectivity index (χ3n) is 3.92. The van der Waals surface area contributed by atoms with Gasteiger partial charge in [0.15, 0.2) is 6.29 Å². The Labute approximate surface area is 145 Å². The molecule has 0 amide bonds. The summed E-state index contributed by atoms with van der Waals surface area (Å²) in [6.45, 7) is 4.46. The number of ether oxygens (including phenoxy) is 1. The fourth-order valence-corrected chi connectivity index (χ4v) is 4.52. The fourth-order valence-electron chi connectivity index (χ4n) is 2.42. The van der Waals surface area contributed by atoms with Crippen LogP contribution in [-0.2, 0) is 9.53 Å². The molecule has 0 radical (unpaired) electrons. The van der Waals surface area contributed by atoms with Gasteiger partial charge in [0.05, 0.1) is 6.26 Å². The third-order valence-corrected chi connectivity index (χ3v) is 6.46. The van der Waals surface area contributed by atoms with Crippen molar-refractivity contribution in [2.75, 3.05) is 11.5 Å². The number of rotatable bonds is 13. The minimum absolute atomic E-state index is 0.613. The van der Waals surface area contributed by atoms with E-state index in [1.807, 2.05) is 18.0 Å². The Hall–Kier alpha value is -0.0900. The van der Waals surface area contributed by atoms with Gasteiger partial charge in [0, 0.05) is 11.3 Å². The van der Waals surface area contributed by atoms with Crippen molar-refractivity contribution in [3.05, 3.63) is 11.2 Å². The van der Waals surface area contributed by atoms with Crippen LogP contribution in [0.4, 0.5) is 0 Å². The van der Waals surface area contributed by atoms with E-state index in [1.54, 1.807) is 11.8 Å². The van der Waals surface area contributed by atoms with Crippen LogP contribution in [0.3, 0.4) is 0 Å². The lowest BCUT2D eigenvalue weighted by molar-refractivity contribution is -0.118. The van der Waals surface area contributed by atoms with Crippen LogP contribution in [0.1, 0.15) is 78.1 Å². The SMILES string of the molecule is CCCCCCSC1=COC(C=O)(SCCCCCC)CC1. The second-order valence-corrected chi connectivity index (χ2v) is 8.56. The molecule has 1 heterocycles. The smallest absolute Gasteiger partial charge is 0.209 e. The highest BCUT2D eigenvalue weighted by Gasteiger charge is 2.34. The Morgan fingerprint density at radius 2 is 1.77 bits per heavy atom. The minimum Gasteiger partial charge on any atom is -0.476 e. The van der Waals surface area contributed by atoms with Crippen molar-refractivity contribution in [2.45, 2.75) is 83.0 Å². The van der Waals surface area contributed by atoms with Crippen molar-refractivity contribution >= 4 is 29.8 Å². The summed E-state index contributed by atoms with van der Waals surface area (Å²) in [5.74, 6) is 2.19. The van der Waals surface area contributed by atoms with Gasteiger partial charge in [-0.2, -0.15) is 0 Å². The van der Waals surface area contributed by atoms with Crippen LogP contribution in [0.15, 0.2) is 11.2 Å². The number of aldehydes is 1. The highest BCUT2D eigenvalue weighted by molar-refractivity contribution is 8.03. The molecule has 22 heavy (non-hydrogen) atoms. The first-order valence-electron chi connectivity index (χ1n) is 8.86. The summed E-state index contributed by atoms with van der Waals surface area (Å²) >= 11 is 3.59. The maximum Gasteiger partial charge on any atom is 0.209 e. The molecule has 0 aromatic rings. The molecule has 0 spiro atoms. The number of allylic oxidation sites excluding steroid dienone is 1. The fraction of sp³-hybridized carbons (Fsp3) is 0.833. The summed E-state index contributed by atoms with van der Waals surface area (Å²) in [4.78, 5) is 12.2. The first kappa shape index (κ1) is 20.0. The molecule has 4 heteroatoms. The van der Waals surface area contributed by atoms with Gasteiger partial charge in [-0.25, -0.2) is 0 Å². The van der Waals surface area contributed by atoms with Gasteiger partial charge in [-0.15, -0.1) is 23.5 Å². The van der Waals surface area contributed by atoms with Crippen molar-refractivity contribution in [3.8, 4) is 0 Å². The molecular weight excluding hydrogens is 312 g/mol. The van der Waals surface area contributed by atoms with E-state index in [9.17, 15) is 4.79 Å². The topological polar surface area (TPSA) is 26.3 Å². The number of thioether (sulfide) groups is 2. The van der Waals surface area contributed by atoms with E-state index in [4.69, 9.17) is 4.74 Å². The number of unbranched alkanes of at least 4 members (excludes halogenated alkanes) is 6. The van der Waals surface area contributed by atoms with Crippen LogP contribution in [0, 0.1) is 0 Å². The van der Waals surface area contributed by atoms with Crippen LogP contribution in [0.2, 0.25) is 0 Å². The van der Waals surface area contributed by atoms with Gasteiger partial charge < -0.3 is 4.74 Å². The van der Waals surface area contributed by atoms with E-state index in [0.717, 1.165) is 24.9 Å². The lowest BCUT2D eigenvalue weighted by atomic mass is 10.2. The number of hydrogen-bond donors (Lipinski definition) is 0. The molecule has 1 atom stereocenters. The van der Waals surface area contributed by atoms with Crippen LogP contribution in [0.5, 0.6) is 0 Å². The van der Waals surface area contributed by atoms with Crippen molar-refractivity contribution in [3.63, 3.8) is 0 Å². The molecule has 0 aromatic carbocycles. The van der Waals surface area contributed by atoms with E-state index in [1.165, 1.54) is 62.0 Å². The molecule has 0 N–H and O–H groups in total. The Bertz CT molecular complexity index is 331. The average molecular weight is 345 g/mol. The molecule has 0 saturated heterocycles. The van der Waals surface area contributed by atoms with Gasteiger partial charge in [-0.05, 0) is 30.8 Å². The standard InChI is InChI=1S/C18H32O2S2/c1-3-5-7-9-13-21-17-11-12-18(16-19,20-15-17)22-14-10-8-6-4-2/h15-16H,3-14H2,1-2H3. The number of carbonyl (C=O) groups excluding carboxylic acids is 1. The van der Waals surface area contributed by atoms with Gasteiger partial charge in [0.25, 0.3) is 0 Å². The molecule has 1 rings (SSSR count). The van der Waals surface area contributed by atoms with Crippen molar-refractivity contribution in [2.24, 2.45) is 0 Å². The minimum atomic E-state index is -0.613. The van der Waals surface area contributed by atoms with Gasteiger partial charge in [-0.1, -0.05) is 52.4 Å². The Kier molecular flexibility index (Phi) is 11.2. The van der Waals surface area contributed by atoms with Crippen molar-refractivity contribution < 1.29 is 9.53 Å². The first-order chi connectivity index (χ1) is 10.8. The summed E-state index contributed by atoms with van der Waals surface area (Å²) < 4.78 is 5.82. The second kappa shape index (κ2) is 12.3. The molecule has 0 aliphatic carbocycles. The number of hydrogen-bond acceptors (Lipinski definition) is 4. The highest BCUT2D eigenvalue weighted by atomic mass is 32.2. The number of carbonyl (C=O) groups is 1. The summed E-state index contributed by atoms with van der Waals surface area (Å²) in [5, 5.41) is 0. The van der Waals surface area contributed by atoms with Gasteiger partial charge >= 0.3 is 0 Å². The molecule has 0 saturated carbocycles. The largest absolute Gasteiger partial charge is 0.476 e. The lowest BCUT2D eigenvalue weighted by Gasteiger charge is -2.31. The summed E-state index contributed by atoms with van der Waals surface area (Å²) in [7, 11) is 0. The lowest BCUT2D eigenvalue weighted by Crippen LogP contribution is -2.31. The zero-order chi connectivity index (χ0) is 16.1. The Morgan fingerprint density at radius 3 is 2.32 bits per heavy atom. The summed E-state index contributed by atoms with van der Waals surface area (Å²) in [6, 6.07) is 0. The predicted octanol–water partition coefficient (Wildman–Crippen LogP) is 6.16. The molecular formula is C18H32O2S2.